The van der Waals surface area contributed by atoms with E-state index in [1.165, 1.54) is 0 Å². The number of carboxylic acid groups (broad SMARTS) is 1. The summed E-state index contributed by atoms with van der Waals surface area (Å²) in [5.41, 5.74) is 2.65. The number of hydrogen-bond acceptors (Lipinski definition) is 5. The number of aromatic nitrogens is 2. The molecule has 0 bridgehead atoms. The van der Waals surface area contributed by atoms with Gasteiger partial charge >= 0.3 is 5.97 Å². The number of pyridine rings is 2. The molecule has 0 saturated carbocycles. The van der Waals surface area contributed by atoms with Crippen molar-refractivity contribution in [2.45, 2.75) is 19.1 Å². The van der Waals surface area contributed by atoms with Crippen molar-refractivity contribution in [2.75, 3.05) is 6.54 Å². The summed E-state index contributed by atoms with van der Waals surface area (Å²) in [6.45, 7) is 1.30. The van der Waals surface area contributed by atoms with Gasteiger partial charge in [0.15, 0.2) is 0 Å². The molecule has 0 aliphatic heterocycles. The molecular formula is C22H23BrN4O2. The van der Waals surface area contributed by atoms with Crippen molar-refractivity contribution in [3.05, 3.63) is 94.5 Å². The van der Waals surface area contributed by atoms with Crippen LogP contribution in [-0.2, 0) is 17.9 Å². The van der Waals surface area contributed by atoms with Crippen LogP contribution in [0.25, 0.3) is 0 Å². The SMILES string of the molecule is O=C(O)C(CNCc1ccccn1)C(NCc1ccccn1)c1ccc(Br)cc1. The van der Waals surface area contributed by atoms with Crippen LogP contribution in [0.15, 0.2) is 77.5 Å². The van der Waals surface area contributed by atoms with Gasteiger partial charge in [-0.1, -0.05) is 40.2 Å². The highest BCUT2D eigenvalue weighted by atomic mass is 79.9. The van der Waals surface area contributed by atoms with Gasteiger partial charge in [-0.25, -0.2) is 0 Å². The third kappa shape index (κ3) is 6.45. The van der Waals surface area contributed by atoms with Crippen molar-refractivity contribution in [2.24, 2.45) is 5.92 Å². The lowest BCUT2D eigenvalue weighted by Crippen LogP contribution is -2.39. The molecule has 150 valence electrons. The number of carboxylic acids is 1. The third-order valence-electron chi connectivity index (χ3n) is 4.57. The summed E-state index contributed by atoms with van der Waals surface area (Å²) in [7, 11) is 0. The summed E-state index contributed by atoms with van der Waals surface area (Å²) < 4.78 is 0.949. The van der Waals surface area contributed by atoms with E-state index in [-0.39, 0.29) is 6.04 Å². The first kappa shape index (κ1) is 21.1. The highest BCUT2D eigenvalue weighted by Crippen LogP contribution is 2.25. The number of halogens is 1. The van der Waals surface area contributed by atoms with Gasteiger partial charge < -0.3 is 15.7 Å². The normalized spacial score (nSPS) is 13.0. The predicted molar refractivity (Wildman–Crippen MR) is 115 cm³/mol. The first-order valence-electron chi connectivity index (χ1n) is 9.35. The molecule has 1 aromatic carbocycles. The molecule has 2 aromatic heterocycles. The summed E-state index contributed by atoms with van der Waals surface area (Å²) >= 11 is 3.44. The molecule has 2 heterocycles. The monoisotopic (exact) mass is 454 g/mol. The van der Waals surface area contributed by atoms with Gasteiger partial charge in [-0.3, -0.25) is 14.8 Å². The van der Waals surface area contributed by atoms with Crippen molar-refractivity contribution in [3.63, 3.8) is 0 Å². The minimum atomic E-state index is -0.861. The smallest absolute Gasteiger partial charge is 0.309 e. The first-order chi connectivity index (χ1) is 14.1. The van der Waals surface area contributed by atoms with E-state index in [0.717, 1.165) is 21.4 Å². The maximum absolute atomic E-state index is 12.1. The summed E-state index contributed by atoms with van der Waals surface area (Å²) in [4.78, 5) is 20.7. The van der Waals surface area contributed by atoms with Gasteiger partial charge in [0.25, 0.3) is 0 Å². The van der Waals surface area contributed by atoms with E-state index < -0.39 is 11.9 Å². The number of hydrogen-bond donors (Lipinski definition) is 3. The fraction of sp³-hybridized carbons (Fsp3) is 0.227. The second-order valence-corrected chi connectivity index (χ2v) is 7.54. The molecule has 0 amide bonds. The zero-order valence-electron chi connectivity index (χ0n) is 15.8. The van der Waals surface area contributed by atoms with Crippen LogP contribution in [0.5, 0.6) is 0 Å². The zero-order valence-corrected chi connectivity index (χ0v) is 17.4. The highest BCUT2D eigenvalue weighted by molar-refractivity contribution is 9.10. The van der Waals surface area contributed by atoms with E-state index in [0.29, 0.717) is 19.6 Å². The number of benzene rings is 1. The lowest BCUT2D eigenvalue weighted by Gasteiger charge is -2.26. The number of nitrogens with zero attached hydrogens (tertiary/aromatic N) is 2. The molecule has 3 aromatic rings. The molecule has 3 rings (SSSR count). The van der Waals surface area contributed by atoms with Gasteiger partial charge in [0.1, 0.15) is 0 Å². The largest absolute Gasteiger partial charge is 0.481 e. The summed E-state index contributed by atoms with van der Waals surface area (Å²) in [6, 6.07) is 18.7. The Balaban J connectivity index is 1.74. The first-order valence-corrected chi connectivity index (χ1v) is 10.1. The Labute approximate surface area is 178 Å². The Morgan fingerprint density at radius 3 is 2.10 bits per heavy atom. The Morgan fingerprint density at radius 1 is 0.931 bits per heavy atom. The fourth-order valence-corrected chi connectivity index (χ4v) is 3.35. The van der Waals surface area contributed by atoms with Crippen molar-refractivity contribution >= 4 is 21.9 Å². The van der Waals surface area contributed by atoms with E-state index >= 15 is 0 Å². The second kappa shape index (κ2) is 10.8. The molecule has 0 radical (unpaired) electrons. The molecule has 0 fully saturated rings. The van der Waals surface area contributed by atoms with E-state index in [1.54, 1.807) is 12.4 Å². The van der Waals surface area contributed by atoms with Crippen LogP contribution in [0, 0.1) is 5.92 Å². The number of carbonyl (C=O) groups is 1. The Hall–Kier alpha value is -2.61. The van der Waals surface area contributed by atoms with E-state index in [2.05, 4.69) is 36.5 Å². The van der Waals surface area contributed by atoms with Gasteiger partial charge in [0, 0.05) is 42.5 Å². The van der Waals surface area contributed by atoms with Crippen molar-refractivity contribution in [3.8, 4) is 0 Å². The van der Waals surface area contributed by atoms with Crippen molar-refractivity contribution in [1.82, 2.24) is 20.6 Å². The van der Waals surface area contributed by atoms with Crippen LogP contribution in [0.1, 0.15) is 23.0 Å². The Bertz CT molecular complexity index is 892. The van der Waals surface area contributed by atoms with Crippen LogP contribution >= 0.6 is 15.9 Å². The quantitative estimate of drug-likeness (QED) is 0.434. The van der Waals surface area contributed by atoms with Gasteiger partial charge in [-0.15, -0.1) is 0 Å². The topological polar surface area (TPSA) is 87.1 Å². The fourth-order valence-electron chi connectivity index (χ4n) is 3.09. The van der Waals surface area contributed by atoms with E-state index in [4.69, 9.17) is 0 Å². The minimum Gasteiger partial charge on any atom is -0.481 e. The zero-order chi connectivity index (χ0) is 20.5. The summed E-state index contributed by atoms with van der Waals surface area (Å²) in [5.74, 6) is -1.52. The molecule has 3 N–H and O–H groups in total. The molecule has 29 heavy (non-hydrogen) atoms. The molecule has 2 unspecified atom stereocenters. The maximum atomic E-state index is 12.1. The average molecular weight is 455 g/mol. The lowest BCUT2D eigenvalue weighted by atomic mass is 9.92. The molecule has 7 heteroatoms. The number of aliphatic carboxylic acids is 1. The molecule has 6 nitrogen and oxygen atoms in total. The molecule has 0 aliphatic carbocycles. The van der Waals surface area contributed by atoms with Gasteiger partial charge in [-0.05, 0) is 42.0 Å². The van der Waals surface area contributed by atoms with Crippen molar-refractivity contribution < 1.29 is 9.90 Å². The molecule has 0 saturated heterocycles. The molecular weight excluding hydrogens is 432 g/mol. The van der Waals surface area contributed by atoms with Crippen molar-refractivity contribution in [1.29, 1.82) is 0 Å². The van der Waals surface area contributed by atoms with E-state index in [1.807, 2.05) is 60.7 Å². The van der Waals surface area contributed by atoms with Crippen LogP contribution in [0.3, 0.4) is 0 Å². The molecule has 2 atom stereocenters. The molecule has 0 aliphatic rings. The van der Waals surface area contributed by atoms with Gasteiger partial charge in [0.2, 0.25) is 0 Å². The molecule has 0 spiro atoms. The van der Waals surface area contributed by atoms with Crippen LogP contribution in [0.4, 0.5) is 0 Å². The van der Waals surface area contributed by atoms with Crippen LogP contribution in [-0.4, -0.2) is 27.6 Å². The Morgan fingerprint density at radius 2 is 1.55 bits per heavy atom. The van der Waals surface area contributed by atoms with Gasteiger partial charge in [-0.2, -0.15) is 0 Å². The summed E-state index contributed by atoms with van der Waals surface area (Å²) in [5, 5.41) is 16.6. The number of rotatable bonds is 10. The number of nitrogens with one attached hydrogen (secondary N) is 2. The minimum absolute atomic E-state index is 0.307. The van der Waals surface area contributed by atoms with Gasteiger partial charge in [0.05, 0.1) is 17.3 Å². The maximum Gasteiger partial charge on any atom is 0.309 e. The average Bonchev–Trinajstić information content (AvgIpc) is 2.75. The third-order valence-corrected chi connectivity index (χ3v) is 5.10. The second-order valence-electron chi connectivity index (χ2n) is 6.63. The summed E-state index contributed by atoms with van der Waals surface area (Å²) in [6.07, 6.45) is 3.46. The lowest BCUT2D eigenvalue weighted by molar-refractivity contribution is -0.142. The van der Waals surface area contributed by atoms with Crippen LogP contribution < -0.4 is 10.6 Å². The standard InChI is InChI=1S/C22H23BrN4O2/c23-17-9-7-16(8-10-17)21(27-14-19-6-2-4-12-26-19)20(22(28)29)15-24-13-18-5-1-3-11-25-18/h1-12,20-21,24,27H,13-15H2,(H,28,29). The van der Waals surface area contributed by atoms with Crippen LogP contribution in [0.2, 0.25) is 0 Å². The highest BCUT2D eigenvalue weighted by Gasteiger charge is 2.29. The predicted octanol–water partition coefficient (Wildman–Crippen LogP) is 3.56. The Kier molecular flexibility index (Phi) is 7.86. The van der Waals surface area contributed by atoms with E-state index in [9.17, 15) is 9.90 Å².